The number of rotatable bonds is 1. The molecule has 1 aromatic rings. The van der Waals surface area contributed by atoms with Gasteiger partial charge in [0, 0.05) is 7.05 Å². The van der Waals surface area contributed by atoms with Gasteiger partial charge in [0.15, 0.2) is 0 Å². The normalized spacial score (nSPS) is 20.2. The van der Waals surface area contributed by atoms with Gasteiger partial charge >= 0.3 is 0 Å². The van der Waals surface area contributed by atoms with Gasteiger partial charge in [-0.05, 0) is 30.5 Å². The molecule has 17 heavy (non-hydrogen) atoms. The summed E-state index contributed by atoms with van der Waals surface area (Å²) >= 11 is 1.46. The van der Waals surface area contributed by atoms with Crippen molar-refractivity contribution in [3.63, 3.8) is 0 Å². The van der Waals surface area contributed by atoms with Crippen molar-refractivity contribution in [1.82, 2.24) is 4.90 Å². The number of hydrogen-bond acceptors (Lipinski definition) is 3. The fourth-order valence-corrected chi connectivity index (χ4v) is 2.97. The highest BCUT2D eigenvalue weighted by Crippen LogP contribution is 2.44. The SMILES string of the molecule is C=C1SC(c2cc(C)c(O)c(C)c2)C(=O)N1C. The molecule has 0 aromatic heterocycles. The van der Waals surface area contributed by atoms with E-state index >= 15 is 0 Å². The molecule has 0 saturated carbocycles. The first-order valence-corrected chi connectivity index (χ1v) is 6.23. The van der Waals surface area contributed by atoms with E-state index in [0.717, 1.165) is 21.7 Å². The molecule has 1 aliphatic rings. The van der Waals surface area contributed by atoms with Crippen molar-refractivity contribution >= 4 is 17.7 Å². The van der Waals surface area contributed by atoms with Crippen LogP contribution in [0.25, 0.3) is 0 Å². The Morgan fingerprint density at radius 1 is 1.35 bits per heavy atom. The van der Waals surface area contributed by atoms with Gasteiger partial charge in [0.05, 0.1) is 5.03 Å². The number of carbonyl (C=O) groups is 1. The molecule has 1 amide bonds. The summed E-state index contributed by atoms with van der Waals surface area (Å²) in [5.74, 6) is 0.348. The molecule has 0 radical (unpaired) electrons. The molecule has 1 atom stereocenters. The molecule has 2 rings (SSSR count). The van der Waals surface area contributed by atoms with Gasteiger partial charge in [-0.1, -0.05) is 30.5 Å². The predicted molar refractivity (Wildman–Crippen MR) is 69.8 cm³/mol. The van der Waals surface area contributed by atoms with Crippen LogP contribution in [-0.4, -0.2) is 23.0 Å². The Morgan fingerprint density at radius 2 is 1.88 bits per heavy atom. The van der Waals surface area contributed by atoms with Gasteiger partial charge in [-0.3, -0.25) is 4.79 Å². The van der Waals surface area contributed by atoms with E-state index in [2.05, 4.69) is 6.58 Å². The van der Waals surface area contributed by atoms with Crippen LogP contribution >= 0.6 is 11.8 Å². The highest BCUT2D eigenvalue weighted by atomic mass is 32.2. The van der Waals surface area contributed by atoms with Crippen molar-refractivity contribution in [3.05, 3.63) is 40.4 Å². The van der Waals surface area contributed by atoms with Crippen molar-refractivity contribution in [2.24, 2.45) is 0 Å². The Morgan fingerprint density at radius 3 is 2.29 bits per heavy atom. The van der Waals surface area contributed by atoms with Crippen molar-refractivity contribution in [2.75, 3.05) is 7.05 Å². The average molecular weight is 249 g/mol. The molecule has 1 N–H and O–H groups in total. The number of carbonyl (C=O) groups excluding carboxylic acids is 1. The molecule has 0 aliphatic carbocycles. The fraction of sp³-hybridized carbons (Fsp3) is 0.308. The maximum atomic E-state index is 12.0. The molecule has 1 aliphatic heterocycles. The average Bonchev–Trinajstić information content (AvgIpc) is 2.53. The second-order valence-electron chi connectivity index (χ2n) is 4.29. The summed E-state index contributed by atoms with van der Waals surface area (Å²) in [5, 5.41) is 10.3. The molecular formula is C13H15NO2S. The lowest BCUT2D eigenvalue weighted by molar-refractivity contribution is -0.126. The maximum absolute atomic E-state index is 12.0. The molecule has 1 fully saturated rings. The second-order valence-corrected chi connectivity index (χ2v) is 5.47. The van der Waals surface area contributed by atoms with Crippen LogP contribution < -0.4 is 0 Å². The van der Waals surface area contributed by atoms with Crippen LogP contribution in [0.2, 0.25) is 0 Å². The smallest absolute Gasteiger partial charge is 0.245 e. The molecule has 4 heteroatoms. The number of aromatic hydroxyl groups is 1. The third kappa shape index (κ3) is 1.93. The first-order chi connectivity index (χ1) is 7.91. The molecule has 1 saturated heterocycles. The maximum Gasteiger partial charge on any atom is 0.245 e. The second kappa shape index (κ2) is 4.11. The van der Waals surface area contributed by atoms with Crippen LogP contribution in [0.4, 0.5) is 0 Å². The van der Waals surface area contributed by atoms with Gasteiger partial charge in [0.25, 0.3) is 0 Å². The van der Waals surface area contributed by atoms with Gasteiger partial charge in [-0.15, -0.1) is 0 Å². The number of benzene rings is 1. The van der Waals surface area contributed by atoms with Crippen molar-refractivity contribution < 1.29 is 9.90 Å². The standard InChI is InChI=1S/C13H15NO2S/c1-7-5-10(6-8(2)11(7)15)12-13(16)14(4)9(3)17-12/h5-6,12,15H,3H2,1-2,4H3. The minimum Gasteiger partial charge on any atom is -0.507 e. The van der Waals surface area contributed by atoms with Gasteiger partial charge in [-0.2, -0.15) is 0 Å². The lowest BCUT2D eigenvalue weighted by Crippen LogP contribution is -2.20. The summed E-state index contributed by atoms with van der Waals surface area (Å²) in [7, 11) is 1.73. The number of phenols is 1. The summed E-state index contributed by atoms with van der Waals surface area (Å²) in [6.45, 7) is 7.53. The molecule has 3 nitrogen and oxygen atoms in total. The van der Waals surface area contributed by atoms with E-state index in [1.807, 2.05) is 26.0 Å². The molecule has 90 valence electrons. The van der Waals surface area contributed by atoms with Crippen LogP contribution in [0.15, 0.2) is 23.7 Å². The first-order valence-electron chi connectivity index (χ1n) is 5.35. The van der Waals surface area contributed by atoms with E-state index in [9.17, 15) is 9.90 Å². The van der Waals surface area contributed by atoms with Crippen LogP contribution in [0, 0.1) is 13.8 Å². The van der Waals surface area contributed by atoms with Gasteiger partial charge < -0.3 is 10.0 Å². The third-order valence-corrected chi connectivity index (χ3v) is 4.25. The van der Waals surface area contributed by atoms with Crippen molar-refractivity contribution in [1.29, 1.82) is 0 Å². The number of thioether (sulfide) groups is 1. The van der Waals surface area contributed by atoms with Crippen LogP contribution in [0.3, 0.4) is 0 Å². The Balaban J connectivity index is 2.43. The minimum absolute atomic E-state index is 0.0458. The number of hydrogen-bond donors (Lipinski definition) is 1. The number of phenolic OH excluding ortho intramolecular Hbond substituents is 1. The molecule has 0 spiro atoms. The van der Waals surface area contributed by atoms with Gasteiger partial charge in [0.1, 0.15) is 11.0 Å². The topological polar surface area (TPSA) is 40.5 Å². The Kier molecular flexibility index (Phi) is 2.91. The zero-order valence-corrected chi connectivity index (χ0v) is 11.0. The number of amides is 1. The predicted octanol–water partition coefficient (Wildman–Crippen LogP) is 2.73. The van der Waals surface area contributed by atoms with E-state index < -0.39 is 0 Å². The molecule has 1 heterocycles. The quantitative estimate of drug-likeness (QED) is 0.832. The first kappa shape index (κ1) is 12.0. The van der Waals surface area contributed by atoms with Crippen molar-refractivity contribution in [3.8, 4) is 5.75 Å². The van der Waals surface area contributed by atoms with Crippen LogP contribution in [-0.2, 0) is 4.79 Å². The van der Waals surface area contributed by atoms with E-state index in [1.54, 1.807) is 11.9 Å². The van der Waals surface area contributed by atoms with E-state index in [4.69, 9.17) is 0 Å². The largest absolute Gasteiger partial charge is 0.507 e. The lowest BCUT2D eigenvalue weighted by atomic mass is 10.0. The highest BCUT2D eigenvalue weighted by molar-refractivity contribution is 8.04. The molecular weight excluding hydrogens is 234 g/mol. The molecule has 0 bridgehead atoms. The lowest BCUT2D eigenvalue weighted by Gasteiger charge is -2.12. The van der Waals surface area contributed by atoms with E-state index in [1.165, 1.54) is 11.8 Å². The number of likely N-dealkylation sites (N-methyl/N-ethyl adjacent to an activating group) is 1. The molecule has 1 aromatic carbocycles. The Labute approximate surface area is 105 Å². The highest BCUT2D eigenvalue weighted by Gasteiger charge is 2.34. The van der Waals surface area contributed by atoms with Gasteiger partial charge in [-0.25, -0.2) is 0 Å². The monoisotopic (exact) mass is 249 g/mol. The van der Waals surface area contributed by atoms with Crippen LogP contribution in [0.5, 0.6) is 5.75 Å². The summed E-state index contributed by atoms with van der Waals surface area (Å²) in [5.41, 5.74) is 2.53. The summed E-state index contributed by atoms with van der Waals surface area (Å²) in [6.07, 6.45) is 0. The zero-order valence-electron chi connectivity index (χ0n) is 10.2. The summed E-state index contributed by atoms with van der Waals surface area (Å²) < 4.78 is 0. The fourth-order valence-electron chi connectivity index (χ4n) is 1.92. The van der Waals surface area contributed by atoms with Crippen molar-refractivity contribution in [2.45, 2.75) is 19.1 Å². The van der Waals surface area contributed by atoms with Gasteiger partial charge in [0.2, 0.25) is 5.91 Å². The van der Waals surface area contributed by atoms with Crippen LogP contribution in [0.1, 0.15) is 21.9 Å². The number of aryl methyl sites for hydroxylation is 2. The zero-order chi connectivity index (χ0) is 12.7. The molecule has 1 unspecified atom stereocenters. The third-order valence-electron chi connectivity index (χ3n) is 3.00. The van der Waals surface area contributed by atoms with E-state index in [-0.39, 0.29) is 11.2 Å². The summed E-state index contributed by atoms with van der Waals surface area (Å²) in [4.78, 5) is 13.6. The Hall–Kier alpha value is -1.42. The Bertz CT molecular complexity index is 487. The summed E-state index contributed by atoms with van der Waals surface area (Å²) in [6, 6.07) is 3.73. The number of nitrogens with zero attached hydrogens (tertiary/aromatic N) is 1. The minimum atomic E-state index is -0.231. The van der Waals surface area contributed by atoms with E-state index in [0.29, 0.717) is 5.75 Å².